The van der Waals surface area contributed by atoms with Crippen LogP contribution in [-0.2, 0) is 31.1 Å². The number of rotatable bonds is 8. The van der Waals surface area contributed by atoms with Gasteiger partial charge in [-0.15, -0.1) is 0 Å². The summed E-state index contributed by atoms with van der Waals surface area (Å²) in [6, 6.07) is 14.2. The number of aromatic amines is 1. The number of ether oxygens (including phenoxy) is 2. The molecular weight excluding hydrogens is 554 g/mol. The van der Waals surface area contributed by atoms with Crippen molar-refractivity contribution in [3.63, 3.8) is 0 Å². The van der Waals surface area contributed by atoms with Gasteiger partial charge < -0.3 is 19.8 Å². The van der Waals surface area contributed by atoms with Crippen molar-refractivity contribution in [2.75, 3.05) is 39.5 Å². The quantitative estimate of drug-likeness (QED) is 0.226. The normalized spacial score (nSPS) is 14.6. The summed E-state index contributed by atoms with van der Waals surface area (Å²) < 4.78 is 42.5. The number of carbonyl (C=O) groups excluding carboxylic acids is 2. The zero-order valence-corrected chi connectivity index (χ0v) is 22.3. The van der Waals surface area contributed by atoms with Crippen LogP contribution in [0.15, 0.2) is 59.4 Å². The highest BCUT2D eigenvalue weighted by atomic mass is 35.5. The van der Waals surface area contributed by atoms with Gasteiger partial charge in [0.15, 0.2) is 0 Å². The van der Waals surface area contributed by atoms with Crippen molar-refractivity contribution in [3.8, 4) is 0 Å². The van der Waals surface area contributed by atoms with Crippen LogP contribution < -0.4 is 10.9 Å². The van der Waals surface area contributed by atoms with E-state index in [-0.39, 0.29) is 18.6 Å². The van der Waals surface area contributed by atoms with E-state index in [0.29, 0.717) is 41.4 Å². The highest BCUT2D eigenvalue weighted by Crippen LogP contribution is 2.17. The van der Waals surface area contributed by atoms with Crippen molar-refractivity contribution in [2.24, 2.45) is 0 Å². The third-order valence-corrected chi connectivity index (χ3v) is 5.96. The SMILES string of the molecule is O=C(NC(Cc1cc(=O)[nH]c2ccccc12)C(=O)OCCN1CCOCC1)c1ccc(Cl)cc1.O=S(=O)(O)O. The standard InChI is InChI=1S/C25H26ClN3O5.H2O4S/c26-19-7-5-17(6-8-19)24(31)28-22(25(32)34-14-11-29-9-12-33-13-10-29)15-18-16-23(30)27-21-4-2-1-3-20(18)21;1-5(2,3)4/h1-8,16,22H,9-15H2,(H,27,30)(H,28,31);(H2,1,2,3,4). The molecule has 1 amide bonds. The lowest BCUT2D eigenvalue weighted by Crippen LogP contribution is -2.44. The molecule has 4 N–H and O–H groups in total. The predicted molar refractivity (Wildman–Crippen MR) is 143 cm³/mol. The molecule has 1 aliphatic heterocycles. The van der Waals surface area contributed by atoms with Crippen LogP contribution in [0.3, 0.4) is 0 Å². The molecule has 12 nitrogen and oxygen atoms in total. The van der Waals surface area contributed by atoms with Crippen molar-refractivity contribution >= 4 is 44.8 Å². The number of esters is 1. The van der Waals surface area contributed by atoms with Crippen molar-refractivity contribution in [1.29, 1.82) is 0 Å². The number of carbonyl (C=O) groups is 2. The first-order valence-corrected chi connectivity index (χ1v) is 13.6. The summed E-state index contributed by atoms with van der Waals surface area (Å²) in [5.74, 6) is -0.985. The number of nitrogens with zero attached hydrogens (tertiary/aromatic N) is 1. The Morgan fingerprint density at radius 2 is 1.74 bits per heavy atom. The summed E-state index contributed by atoms with van der Waals surface area (Å²) in [5.41, 5.74) is 1.39. The first-order valence-electron chi connectivity index (χ1n) is 11.8. The van der Waals surface area contributed by atoms with E-state index in [1.807, 2.05) is 18.2 Å². The molecule has 1 aliphatic rings. The maximum atomic E-state index is 13.0. The largest absolute Gasteiger partial charge is 0.463 e. The van der Waals surface area contributed by atoms with Crippen LogP contribution in [0.5, 0.6) is 0 Å². The Bertz CT molecular complexity index is 1430. The summed E-state index contributed by atoms with van der Waals surface area (Å²) >= 11 is 5.92. The van der Waals surface area contributed by atoms with Gasteiger partial charge in [-0.25, -0.2) is 4.79 Å². The molecular formula is C25H28ClN3O9S. The van der Waals surface area contributed by atoms with Crippen LogP contribution in [-0.4, -0.2) is 84.8 Å². The fourth-order valence-corrected chi connectivity index (χ4v) is 4.03. The Labute approximate surface area is 229 Å². The minimum absolute atomic E-state index is 0.111. The van der Waals surface area contributed by atoms with E-state index in [1.54, 1.807) is 30.3 Å². The minimum atomic E-state index is -4.67. The number of aromatic nitrogens is 1. The van der Waals surface area contributed by atoms with Crippen LogP contribution in [0.4, 0.5) is 0 Å². The average molecular weight is 582 g/mol. The highest BCUT2D eigenvalue weighted by Gasteiger charge is 2.25. The number of H-pyrrole nitrogens is 1. The third kappa shape index (κ3) is 10.4. The molecule has 0 aliphatic carbocycles. The minimum Gasteiger partial charge on any atom is -0.463 e. The van der Waals surface area contributed by atoms with Gasteiger partial charge in [0, 0.05) is 53.6 Å². The van der Waals surface area contributed by atoms with Gasteiger partial charge in [-0.1, -0.05) is 29.8 Å². The molecule has 1 aromatic heterocycles. The second kappa shape index (κ2) is 14.2. The van der Waals surface area contributed by atoms with Crippen LogP contribution in [0, 0.1) is 0 Å². The number of morpholine rings is 1. The van der Waals surface area contributed by atoms with Gasteiger partial charge >= 0.3 is 16.4 Å². The van der Waals surface area contributed by atoms with Crippen LogP contribution in [0.2, 0.25) is 5.02 Å². The Morgan fingerprint density at radius 3 is 2.41 bits per heavy atom. The molecule has 0 bridgehead atoms. The second-order valence-electron chi connectivity index (χ2n) is 8.51. The molecule has 0 saturated carbocycles. The molecule has 14 heteroatoms. The van der Waals surface area contributed by atoms with Gasteiger partial charge in [-0.3, -0.25) is 23.6 Å². The monoisotopic (exact) mass is 581 g/mol. The van der Waals surface area contributed by atoms with Crippen molar-refractivity contribution in [2.45, 2.75) is 12.5 Å². The van der Waals surface area contributed by atoms with Crippen LogP contribution >= 0.6 is 11.6 Å². The Hall–Kier alpha value is -3.33. The van der Waals surface area contributed by atoms with E-state index < -0.39 is 28.3 Å². The van der Waals surface area contributed by atoms with Gasteiger partial charge in [-0.05, 0) is 35.9 Å². The van der Waals surface area contributed by atoms with E-state index in [4.69, 9.17) is 38.6 Å². The van der Waals surface area contributed by atoms with E-state index in [9.17, 15) is 14.4 Å². The number of hydrogen-bond acceptors (Lipinski definition) is 8. The molecule has 3 aromatic rings. The number of amides is 1. The van der Waals surface area contributed by atoms with E-state index >= 15 is 0 Å². The highest BCUT2D eigenvalue weighted by molar-refractivity contribution is 7.79. The molecule has 2 heterocycles. The average Bonchev–Trinajstić information content (AvgIpc) is 2.88. The van der Waals surface area contributed by atoms with Crippen molar-refractivity contribution < 1.29 is 36.6 Å². The maximum absolute atomic E-state index is 13.0. The molecule has 0 radical (unpaired) electrons. The summed E-state index contributed by atoms with van der Waals surface area (Å²) in [5, 5.41) is 4.08. The lowest BCUT2D eigenvalue weighted by molar-refractivity contribution is -0.146. The number of pyridine rings is 1. The molecule has 1 unspecified atom stereocenters. The first-order chi connectivity index (χ1) is 18.5. The van der Waals surface area contributed by atoms with Gasteiger partial charge in [0.05, 0.1) is 13.2 Å². The molecule has 1 fully saturated rings. The van der Waals surface area contributed by atoms with Crippen LogP contribution in [0.25, 0.3) is 10.9 Å². The molecule has 210 valence electrons. The second-order valence-corrected chi connectivity index (χ2v) is 9.84. The lowest BCUT2D eigenvalue weighted by atomic mass is 10.0. The van der Waals surface area contributed by atoms with Crippen LogP contribution in [0.1, 0.15) is 15.9 Å². The summed E-state index contributed by atoms with van der Waals surface area (Å²) in [4.78, 5) is 43.0. The number of nitrogens with one attached hydrogen (secondary N) is 2. The molecule has 1 atom stereocenters. The molecule has 39 heavy (non-hydrogen) atoms. The van der Waals surface area contributed by atoms with Crippen molar-refractivity contribution in [3.05, 3.63) is 81.1 Å². The molecule has 1 saturated heterocycles. The van der Waals surface area contributed by atoms with Gasteiger partial charge in [-0.2, -0.15) is 8.42 Å². The molecule has 0 spiro atoms. The summed E-state index contributed by atoms with van der Waals surface area (Å²) in [7, 11) is -4.67. The van der Waals surface area contributed by atoms with Gasteiger partial charge in [0.2, 0.25) is 5.56 Å². The lowest BCUT2D eigenvalue weighted by Gasteiger charge is -2.26. The number of para-hydroxylation sites is 1. The van der Waals surface area contributed by atoms with Gasteiger partial charge in [0.1, 0.15) is 12.6 Å². The summed E-state index contributed by atoms with van der Waals surface area (Å²) in [6.45, 7) is 3.66. The molecule has 2 aromatic carbocycles. The van der Waals surface area contributed by atoms with E-state index in [1.165, 1.54) is 6.07 Å². The topological polar surface area (TPSA) is 175 Å². The molecule has 4 rings (SSSR count). The fourth-order valence-electron chi connectivity index (χ4n) is 3.90. The maximum Gasteiger partial charge on any atom is 0.394 e. The van der Waals surface area contributed by atoms with Crippen molar-refractivity contribution in [1.82, 2.24) is 15.2 Å². The number of hydrogen-bond donors (Lipinski definition) is 4. The zero-order valence-electron chi connectivity index (χ0n) is 20.7. The van der Waals surface area contributed by atoms with E-state index in [0.717, 1.165) is 18.5 Å². The fraction of sp³-hybridized carbons (Fsp3) is 0.320. The van der Waals surface area contributed by atoms with E-state index in [2.05, 4.69) is 15.2 Å². The number of benzene rings is 2. The zero-order chi connectivity index (χ0) is 28.4. The Kier molecular flexibility index (Phi) is 11.0. The third-order valence-electron chi connectivity index (χ3n) is 5.71. The van der Waals surface area contributed by atoms with Gasteiger partial charge in [0.25, 0.3) is 5.91 Å². The number of halogens is 1. The summed E-state index contributed by atoms with van der Waals surface area (Å²) in [6.07, 6.45) is 0.111. The Balaban J connectivity index is 0.000000771. The first kappa shape index (κ1) is 30.2. The Morgan fingerprint density at radius 1 is 1.10 bits per heavy atom. The predicted octanol–water partition coefficient (Wildman–Crippen LogP) is 1.75. The number of fused-ring (bicyclic) bond motifs is 1. The smallest absolute Gasteiger partial charge is 0.394 e.